The Bertz CT molecular complexity index is 735. The van der Waals surface area contributed by atoms with E-state index in [1.165, 1.54) is 5.56 Å². The van der Waals surface area contributed by atoms with Crippen LogP contribution in [0.2, 0.25) is 0 Å². The molecule has 2 N–H and O–H groups in total. The van der Waals surface area contributed by atoms with Crippen molar-refractivity contribution in [3.63, 3.8) is 0 Å². The van der Waals surface area contributed by atoms with Crippen molar-refractivity contribution < 1.29 is 14.3 Å². The van der Waals surface area contributed by atoms with E-state index in [-0.39, 0.29) is 17.7 Å². The second kappa shape index (κ2) is 9.53. The van der Waals surface area contributed by atoms with Gasteiger partial charge < -0.3 is 20.1 Å². The van der Waals surface area contributed by atoms with Crippen molar-refractivity contribution in [3.8, 4) is 5.75 Å². The Morgan fingerprint density at radius 1 is 1.07 bits per heavy atom. The summed E-state index contributed by atoms with van der Waals surface area (Å²) < 4.78 is 11.1. The first-order valence-corrected chi connectivity index (χ1v) is 9.58. The number of hydrogen-bond donors (Lipinski definition) is 1. The zero-order valence-electron chi connectivity index (χ0n) is 15.8. The third kappa shape index (κ3) is 4.67. The van der Waals surface area contributed by atoms with Gasteiger partial charge in [0.1, 0.15) is 12.4 Å². The van der Waals surface area contributed by atoms with Crippen molar-refractivity contribution in [1.29, 1.82) is 0 Å². The van der Waals surface area contributed by atoms with Gasteiger partial charge in [0.25, 0.3) is 5.91 Å². The minimum absolute atomic E-state index is 0.00103. The normalized spacial score (nSPS) is 19.3. The monoisotopic (exact) mass is 368 g/mol. The molecule has 0 unspecified atom stereocenters. The zero-order valence-corrected chi connectivity index (χ0v) is 15.8. The maximum Gasteiger partial charge on any atom is 0.257 e. The fraction of sp³-hybridized carbons (Fsp3) is 0.409. The molecule has 2 aromatic carbocycles. The molecule has 27 heavy (non-hydrogen) atoms. The minimum Gasteiger partial charge on any atom is -0.490 e. The Kier molecular flexibility index (Phi) is 6.85. The number of hydrogen-bond acceptors (Lipinski definition) is 4. The third-order valence-corrected chi connectivity index (χ3v) is 5.07. The van der Waals surface area contributed by atoms with Gasteiger partial charge in [-0.05, 0) is 37.1 Å². The number of carbonyl (C=O) groups excluding carboxylic acids is 1. The van der Waals surface area contributed by atoms with Crippen LogP contribution in [0.25, 0.3) is 0 Å². The second-order valence-corrected chi connectivity index (χ2v) is 6.76. The lowest BCUT2D eigenvalue weighted by Crippen LogP contribution is -2.30. The Morgan fingerprint density at radius 2 is 1.81 bits per heavy atom. The van der Waals surface area contributed by atoms with E-state index in [9.17, 15) is 4.79 Å². The molecule has 0 spiro atoms. The highest BCUT2D eigenvalue weighted by molar-refractivity contribution is 5.97. The van der Waals surface area contributed by atoms with Crippen LogP contribution in [-0.2, 0) is 4.74 Å². The molecule has 0 saturated carbocycles. The van der Waals surface area contributed by atoms with Crippen molar-refractivity contribution in [2.75, 3.05) is 39.5 Å². The van der Waals surface area contributed by atoms with E-state index in [1.54, 1.807) is 0 Å². The van der Waals surface area contributed by atoms with Gasteiger partial charge >= 0.3 is 0 Å². The topological polar surface area (TPSA) is 64.8 Å². The van der Waals surface area contributed by atoms with Crippen LogP contribution in [0, 0.1) is 5.92 Å². The number of rotatable bonds is 8. The third-order valence-electron chi connectivity index (χ3n) is 5.07. The van der Waals surface area contributed by atoms with E-state index in [0.29, 0.717) is 50.8 Å². The van der Waals surface area contributed by atoms with Crippen LogP contribution in [0.3, 0.4) is 0 Å². The van der Waals surface area contributed by atoms with E-state index in [2.05, 4.69) is 12.1 Å². The van der Waals surface area contributed by atoms with E-state index in [4.69, 9.17) is 15.2 Å². The van der Waals surface area contributed by atoms with Crippen molar-refractivity contribution >= 4 is 5.91 Å². The van der Waals surface area contributed by atoms with Crippen LogP contribution in [0.4, 0.5) is 0 Å². The van der Waals surface area contributed by atoms with Gasteiger partial charge in [0, 0.05) is 25.6 Å². The number of ether oxygens (including phenoxy) is 2. The van der Waals surface area contributed by atoms with E-state index >= 15 is 0 Å². The van der Waals surface area contributed by atoms with Gasteiger partial charge in [0.2, 0.25) is 0 Å². The minimum atomic E-state index is -0.00103. The molecule has 1 saturated heterocycles. The molecule has 5 heteroatoms. The van der Waals surface area contributed by atoms with E-state index < -0.39 is 0 Å². The Labute approximate surface area is 161 Å². The summed E-state index contributed by atoms with van der Waals surface area (Å²) in [5.41, 5.74) is 7.85. The summed E-state index contributed by atoms with van der Waals surface area (Å²) in [7, 11) is 0. The van der Waals surface area contributed by atoms with Gasteiger partial charge in [0.15, 0.2) is 0 Å². The number of likely N-dealkylation sites (tertiary alicyclic amines) is 1. The number of nitrogens with zero attached hydrogens (tertiary/aromatic N) is 1. The summed E-state index contributed by atoms with van der Waals surface area (Å²) in [5.74, 6) is 1.14. The maximum absolute atomic E-state index is 13.2. The second-order valence-electron chi connectivity index (χ2n) is 6.76. The lowest BCUT2D eigenvalue weighted by atomic mass is 9.89. The average molecular weight is 368 g/mol. The molecule has 1 aliphatic rings. The molecule has 1 aliphatic heterocycles. The molecule has 2 atom stereocenters. The lowest BCUT2D eigenvalue weighted by molar-refractivity contribution is 0.0775. The van der Waals surface area contributed by atoms with E-state index in [1.807, 2.05) is 54.3 Å². The largest absolute Gasteiger partial charge is 0.490 e. The fourth-order valence-electron chi connectivity index (χ4n) is 3.65. The van der Waals surface area contributed by atoms with Crippen LogP contribution in [0.15, 0.2) is 54.6 Å². The van der Waals surface area contributed by atoms with Crippen LogP contribution in [-0.4, -0.2) is 50.3 Å². The maximum atomic E-state index is 13.2. The molecule has 1 fully saturated rings. The Balaban J connectivity index is 1.73. The average Bonchev–Trinajstić information content (AvgIpc) is 3.16. The quantitative estimate of drug-likeness (QED) is 0.728. The molecule has 0 aromatic heterocycles. The van der Waals surface area contributed by atoms with Gasteiger partial charge in [-0.15, -0.1) is 0 Å². The fourth-order valence-corrected chi connectivity index (χ4v) is 3.65. The number of para-hydroxylation sites is 1. The molecular formula is C22H28N2O3. The summed E-state index contributed by atoms with van der Waals surface area (Å²) in [6.45, 7) is 5.45. The molecule has 3 rings (SSSR count). The SMILES string of the molecule is CCOCCOc1ccccc1C(=O)N1C[C@@H](CN)[C@H](c2ccccc2)C1. The lowest BCUT2D eigenvalue weighted by Gasteiger charge is -2.19. The molecule has 1 amide bonds. The van der Waals surface area contributed by atoms with Gasteiger partial charge in [-0.2, -0.15) is 0 Å². The first-order chi connectivity index (χ1) is 13.2. The van der Waals surface area contributed by atoms with Crippen molar-refractivity contribution in [2.45, 2.75) is 12.8 Å². The number of benzene rings is 2. The molecule has 144 valence electrons. The van der Waals surface area contributed by atoms with Crippen molar-refractivity contribution in [1.82, 2.24) is 4.90 Å². The molecule has 0 bridgehead atoms. The number of carbonyl (C=O) groups is 1. The zero-order chi connectivity index (χ0) is 19.1. The highest BCUT2D eigenvalue weighted by atomic mass is 16.5. The van der Waals surface area contributed by atoms with Crippen molar-refractivity contribution in [2.24, 2.45) is 11.7 Å². The van der Waals surface area contributed by atoms with Gasteiger partial charge in [-0.3, -0.25) is 4.79 Å². The van der Waals surface area contributed by atoms with Crippen LogP contribution in [0.5, 0.6) is 5.75 Å². The summed E-state index contributed by atoms with van der Waals surface area (Å²) in [6.07, 6.45) is 0. The smallest absolute Gasteiger partial charge is 0.257 e. The van der Waals surface area contributed by atoms with Gasteiger partial charge in [-0.1, -0.05) is 42.5 Å². The van der Waals surface area contributed by atoms with Crippen molar-refractivity contribution in [3.05, 3.63) is 65.7 Å². The van der Waals surface area contributed by atoms with E-state index in [0.717, 1.165) is 0 Å². The molecule has 5 nitrogen and oxygen atoms in total. The van der Waals surface area contributed by atoms with Crippen LogP contribution >= 0.6 is 0 Å². The molecule has 0 aliphatic carbocycles. The highest BCUT2D eigenvalue weighted by Crippen LogP contribution is 2.33. The Morgan fingerprint density at radius 3 is 2.56 bits per heavy atom. The molecule has 2 aromatic rings. The molecular weight excluding hydrogens is 340 g/mol. The predicted molar refractivity (Wildman–Crippen MR) is 106 cm³/mol. The van der Waals surface area contributed by atoms with Gasteiger partial charge in [0.05, 0.1) is 12.2 Å². The predicted octanol–water partition coefficient (Wildman–Crippen LogP) is 2.92. The summed E-state index contributed by atoms with van der Waals surface area (Å²) in [6, 6.07) is 17.7. The van der Waals surface area contributed by atoms with Gasteiger partial charge in [-0.25, -0.2) is 0 Å². The Hall–Kier alpha value is -2.37. The number of amides is 1. The van der Waals surface area contributed by atoms with Crippen LogP contribution < -0.4 is 10.5 Å². The standard InChI is InChI=1S/C22H28N2O3/c1-2-26-12-13-27-21-11-7-6-10-19(21)22(25)24-15-18(14-23)20(16-24)17-8-4-3-5-9-17/h3-11,18,20H,2,12-16,23H2,1H3/t18-,20+/m1/s1. The summed E-state index contributed by atoms with van der Waals surface area (Å²) in [5, 5.41) is 0. The molecule has 1 heterocycles. The first-order valence-electron chi connectivity index (χ1n) is 9.58. The molecule has 0 radical (unpaired) electrons. The highest BCUT2D eigenvalue weighted by Gasteiger charge is 2.36. The number of nitrogens with two attached hydrogens (primary N) is 1. The van der Waals surface area contributed by atoms with Crippen LogP contribution in [0.1, 0.15) is 28.8 Å². The first kappa shape index (κ1) is 19.4. The summed E-state index contributed by atoms with van der Waals surface area (Å²) in [4.78, 5) is 15.1. The summed E-state index contributed by atoms with van der Waals surface area (Å²) >= 11 is 0.